The summed E-state index contributed by atoms with van der Waals surface area (Å²) in [4.78, 5) is 17.0. The SMILES string of the molecule is C=C1NN(c2ccccc2)C(=O)C1=NNc1nc2ccc(OC)cc2s1. The van der Waals surface area contributed by atoms with Crippen molar-refractivity contribution in [1.82, 2.24) is 10.4 Å². The number of anilines is 2. The largest absolute Gasteiger partial charge is 0.497 e. The van der Waals surface area contributed by atoms with Gasteiger partial charge in [-0.3, -0.25) is 15.6 Å². The first-order valence-corrected chi connectivity index (χ1v) is 8.61. The van der Waals surface area contributed by atoms with Crippen molar-refractivity contribution in [2.24, 2.45) is 5.10 Å². The van der Waals surface area contributed by atoms with E-state index in [1.54, 1.807) is 7.11 Å². The molecule has 0 bridgehead atoms. The van der Waals surface area contributed by atoms with Crippen LogP contribution in [-0.2, 0) is 4.79 Å². The van der Waals surface area contributed by atoms with Crippen LogP contribution in [0.4, 0.5) is 10.8 Å². The van der Waals surface area contributed by atoms with E-state index < -0.39 is 0 Å². The highest BCUT2D eigenvalue weighted by Crippen LogP contribution is 2.29. The summed E-state index contributed by atoms with van der Waals surface area (Å²) in [5.41, 5.74) is 7.98. The first-order valence-electron chi connectivity index (χ1n) is 7.79. The van der Waals surface area contributed by atoms with Gasteiger partial charge in [0.05, 0.1) is 28.7 Å². The van der Waals surface area contributed by atoms with Gasteiger partial charge in [0.2, 0.25) is 5.13 Å². The number of rotatable bonds is 4. The molecule has 0 aliphatic carbocycles. The minimum absolute atomic E-state index is 0.214. The van der Waals surface area contributed by atoms with E-state index in [9.17, 15) is 4.79 Å². The second-order valence-corrected chi connectivity index (χ2v) is 6.52. The molecule has 0 atom stereocenters. The minimum atomic E-state index is -0.281. The van der Waals surface area contributed by atoms with Crippen LogP contribution in [0, 0.1) is 0 Å². The molecule has 2 heterocycles. The summed E-state index contributed by atoms with van der Waals surface area (Å²) in [5.74, 6) is 0.484. The smallest absolute Gasteiger partial charge is 0.299 e. The molecule has 7 nitrogen and oxygen atoms in total. The van der Waals surface area contributed by atoms with Crippen LogP contribution in [0.2, 0.25) is 0 Å². The van der Waals surface area contributed by atoms with E-state index in [1.807, 2.05) is 48.5 Å². The van der Waals surface area contributed by atoms with Crippen LogP contribution in [0.5, 0.6) is 5.75 Å². The zero-order valence-electron chi connectivity index (χ0n) is 13.9. The second-order valence-electron chi connectivity index (χ2n) is 5.49. The van der Waals surface area contributed by atoms with Gasteiger partial charge in [-0.25, -0.2) is 9.99 Å². The summed E-state index contributed by atoms with van der Waals surface area (Å²) in [7, 11) is 1.62. The van der Waals surface area contributed by atoms with E-state index >= 15 is 0 Å². The van der Waals surface area contributed by atoms with Gasteiger partial charge in [-0.05, 0) is 30.3 Å². The van der Waals surface area contributed by atoms with Crippen molar-refractivity contribution in [2.75, 3.05) is 17.5 Å². The number of nitrogens with zero attached hydrogens (tertiary/aromatic N) is 3. The van der Waals surface area contributed by atoms with E-state index in [1.165, 1.54) is 16.3 Å². The van der Waals surface area contributed by atoms with Crippen molar-refractivity contribution in [3.8, 4) is 5.75 Å². The maximum Gasteiger partial charge on any atom is 0.299 e. The molecule has 4 rings (SSSR count). The van der Waals surface area contributed by atoms with Crippen LogP contribution in [-0.4, -0.2) is 23.7 Å². The summed E-state index contributed by atoms with van der Waals surface area (Å²) >= 11 is 1.43. The normalized spacial score (nSPS) is 15.6. The average molecular weight is 365 g/mol. The van der Waals surface area contributed by atoms with Gasteiger partial charge in [0.1, 0.15) is 5.75 Å². The lowest BCUT2D eigenvalue weighted by molar-refractivity contribution is -0.112. The highest BCUT2D eigenvalue weighted by molar-refractivity contribution is 7.22. The second kappa shape index (κ2) is 6.49. The standard InChI is InChI=1S/C18H15N5O2S/c1-11-16(17(24)23(22-11)12-6-4-3-5-7-12)20-21-18-19-14-9-8-13(25-2)10-15(14)26-18/h3-10,22H,1H2,2H3,(H,19,21). The van der Waals surface area contributed by atoms with Crippen molar-refractivity contribution in [3.05, 3.63) is 60.8 Å². The summed E-state index contributed by atoms with van der Waals surface area (Å²) in [5, 5.41) is 6.19. The number of ether oxygens (including phenoxy) is 1. The lowest BCUT2D eigenvalue weighted by Gasteiger charge is -2.14. The molecule has 0 unspecified atom stereocenters. The quantitative estimate of drug-likeness (QED) is 0.695. The number of hydrazone groups is 1. The number of carbonyl (C=O) groups excluding carboxylic acids is 1. The first-order chi connectivity index (χ1) is 12.7. The number of hydrogen-bond donors (Lipinski definition) is 2. The van der Waals surface area contributed by atoms with Crippen molar-refractivity contribution in [1.29, 1.82) is 0 Å². The number of nitrogens with one attached hydrogen (secondary N) is 2. The van der Waals surface area contributed by atoms with Crippen molar-refractivity contribution in [3.63, 3.8) is 0 Å². The molecule has 1 saturated heterocycles. The molecule has 1 amide bonds. The fraction of sp³-hybridized carbons (Fsp3) is 0.0556. The molecule has 0 radical (unpaired) electrons. The number of amides is 1. The van der Waals surface area contributed by atoms with E-state index in [2.05, 4.69) is 27.5 Å². The van der Waals surface area contributed by atoms with Gasteiger partial charge < -0.3 is 4.74 Å². The predicted octanol–water partition coefficient (Wildman–Crippen LogP) is 3.14. The molecule has 3 aromatic rings. The Morgan fingerprint density at radius 1 is 1.27 bits per heavy atom. The van der Waals surface area contributed by atoms with Crippen molar-refractivity contribution >= 4 is 44.0 Å². The number of fused-ring (bicyclic) bond motifs is 1. The Labute approximate surface area is 153 Å². The number of methoxy groups -OCH3 is 1. The molecule has 0 spiro atoms. The van der Waals surface area contributed by atoms with Gasteiger partial charge in [0.25, 0.3) is 5.91 Å². The topological polar surface area (TPSA) is 78.9 Å². The number of hydrazine groups is 1. The molecule has 1 aliphatic heterocycles. The fourth-order valence-electron chi connectivity index (χ4n) is 2.53. The van der Waals surface area contributed by atoms with Gasteiger partial charge in [-0.15, -0.1) is 0 Å². The molecule has 1 aliphatic rings. The summed E-state index contributed by atoms with van der Waals surface area (Å²) in [6.07, 6.45) is 0. The zero-order valence-corrected chi connectivity index (χ0v) is 14.7. The molecule has 1 aromatic heterocycles. The Kier molecular flexibility index (Phi) is 4.02. The highest BCUT2D eigenvalue weighted by Gasteiger charge is 2.32. The number of benzene rings is 2. The van der Waals surface area contributed by atoms with Crippen molar-refractivity contribution < 1.29 is 9.53 Å². The predicted molar refractivity (Wildman–Crippen MR) is 103 cm³/mol. The van der Waals surface area contributed by atoms with E-state index in [-0.39, 0.29) is 11.6 Å². The number of hydrogen-bond acceptors (Lipinski definition) is 7. The number of thiazole rings is 1. The maximum absolute atomic E-state index is 12.6. The summed E-state index contributed by atoms with van der Waals surface area (Å²) in [6, 6.07) is 14.9. The molecular weight excluding hydrogens is 350 g/mol. The molecule has 0 saturated carbocycles. The van der Waals surface area contributed by atoms with Gasteiger partial charge in [0.15, 0.2) is 5.71 Å². The number of aromatic nitrogens is 1. The third kappa shape index (κ3) is 2.86. The lowest BCUT2D eigenvalue weighted by Crippen LogP contribution is -2.34. The third-order valence-electron chi connectivity index (χ3n) is 3.81. The van der Waals surface area contributed by atoms with Gasteiger partial charge in [-0.1, -0.05) is 36.1 Å². The van der Waals surface area contributed by atoms with Crippen LogP contribution in [0.25, 0.3) is 10.2 Å². The molecular formula is C18H15N5O2S. The van der Waals surface area contributed by atoms with E-state index in [0.29, 0.717) is 10.8 Å². The van der Waals surface area contributed by atoms with Crippen LogP contribution in [0.3, 0.4) is 0 Å². The van der Waals surface area contributed by atoms with E-state index in [0.717, 1.165) is 21.7 Å². The highest BCUT2D eigenvalue weighted by atomic mass is 32.1. The number of para-hydroxylation sites is 1. The molecule has 2 aromatic carbocycles. The van der Waals surface area contributed by atoms with Gasteiger partial charge >= 0.3 is 0 Å². The number of carbonyl (C=O) groups is 1. The van der Waals surface area contributed by atoms with Crippen LogP contribution >= 0.6 is 11.3 Å². The Hall–Kier alpha value is -3.39. The maximum atomic E-state index is 12.6. The zero-order chi connectivity index (χ0) is 18.1. The Morgan fingerprint density at radius 2 is 2.08 bits per heavy atom. The van der Waals surface area contributed by atoms with Gasteiger partial charge in [-0.2, -0.15) is 5.10 Å². The molecule has 1 fully saturated rings. The molecule has 2 N–H and O–H groups in total. The molecule has 130 valence electrons. The first kappa shape index (κ1) is 16.1. The van der Waals surface area contributed by atoms with Crippen LogP contribution < -0.4 is 20.6 Å². The van der Waals surface area contributed by atoms with Crippen molar-refractivity contribution in [2.45, 2.75) is 0 Å². The fourth-order valence-corrected chi connectivity index (χ4v) is 3.37. The van der Waals surface area contributed by atoms with Crippen LogP contribution in [0.15, 0.2) is 65.9 Å². The molecule has 8 heteroatoms. The third-order valence-corrected chi connectivity index (χ3v) is 4.73. The minimum Gasteiger partial charge on any atom is -0.497 e. The Bertz CT molecular complexity index is 1030. The van der Waals surface area contributed by atoms with Crippen LogP contribution in [0.1, 0.15) is 0 Å². The summed E-state index contributed by atoms with van der Waals surface area (Å²) < 4.78 is 6.18. The Morgan fingerprint density at radius 3 is 2.85 bits per heavy atom. The summed E-state index contributed by atoms with van der Waals surface area (Å²) in [6.45, 7) is 3.86. The molecule has 26 heavy (non-hydrogen) atoms. The van der Waals surface area contributed by atoms with Gasteiger partial charge in [0, 0.05) is 0 Å². The Balaban J connectivity index is 1.56. The lowest BCUT2D eigenvalue weighted by atomic mass is 10.3. The average Bonchev–Trinajstić information content (AvgIpc) is 3.20. The monoisotopic (exact) mass is 365 g/mol. The van der Waals surface area contributed by atoms with E-state index in [4.69, 9.17) is 4.74 Å².